The number of benzene rings is 1. The van der Waals surface area contributed by atoms with Crippen LogP contribution in [0, 0.1) is 0 Å². The van der Waals surface area contributed by atoms with Gasteiger partial charge in [-0.2, -0.15) is 0 Å². The lowest BCUT2D eigenvalue weighted by atomic mass is 10.1. The third-order valence-electron chi connectivity index (χ3n) is 3.19. The number of fused-ring (bicyclic) bond motifs is 1. The van der Waals surface area contributed by atoms with Crippen LogP contribution in [0.5, 0.6) is 11.5 Å². The van der Waals surface area contributed by atoms with Crippen LogP contribution in [0.25, 0.3) is 0 Å². The minimum atomic E-state index is 0.0860. The topological polar surface area (TPSA) is 56.5 Å². The molecule has 1 aromatic carbocycles. The molecule has 6 heteroatoms. The summed E-state index contributed by atoms with van der Waals surface area (Å²) in [4.78, 5) is 1.29. The van der Waals surface area contributed by atoms with E-state index in [1.54, 1.807) is 11.3 Å². The summed E-state index contributed by atoms with van der Waals surface area (Å²) in [5.74, 6) is 1.54. The minimum Gasteiger partial charge on any atom is -0.454 e. The molecule has 3 N–H and O–H groups in total. The van der Waals surface area contributed by atoms with Crippen LogP contribution in [-0.4, -0.2) is 13.3 Å². The Morgan fingerprint density at radius 2 is 2.30 bits per heavy atom. The molecule has 0 bridgehead atoms. The molecule has 0 fully saturated rings. The van der Waals surface area contributed by atoms with Crippen molar-refractivity contribution in [1.29, 1.82) is 0 Å². The molecule has 1 aromatic heterocycles. The van der Waals surface area contributed by atoms with Crippen molar-refractivity contribution >= 4 is 27.3 Å². The fourth-order valence-electron chi connectivity index (χ4n) is 2.16. The molecule has 0 saturated heterocycles. The first-order valence-corrected chi connectivity index (χ1v) is 8.00. The lowest BCUT2D eigenvalue weighted by Gasteiger charge is -2.18. The molecule has 0 saturated carbocycles. The monoisotopic (exact) mass is 354 g/mol. The summed E-state index contributed by atoms with van der Waals surface area (Å²) in [6.45, 7) is 1.61. The number of hydrogen-bond acceptors (Lipinski definition) is 5. The van der Waals surface area contributed by atoms with E-state index in [1.165, 1.54) is 4.88 Å². The Bertz CT molecular complexity index is 589. The zero-order chi connectivity index (χ0) is 13.9. The van der Waals surface area contributed by atoms with Gasteiger partial charge in [0.2, 0.25) is 6.79 Å². The molecule has 2 aromatic rings. The highest BCUT2D eigenvalue weighted by molar-refractivity contribution is 9.10. The molecular formula is C14H15BrN2O2S. The maximum absolute atomic E-state index is 5.89. The Morgan fingerprint density at radius 1 is 1.40 bits per heavy atom. The number of thiophene rings is 1. The molecular weight excluding hydrogens is 340 g/mol. The summed E-state index contributed by atoms with van der Waals surface area (Å²) in [6, 6.07) is 8.28. The van der Waals surface area contributed by atoms with Crippen molar-refractivity contribution in [2.75, 3.05) is 13.3 Å². The van der Waals surface area contributed by atoms with E-state index in [0.717, 1.165) is 28.1 Å². The summed E-state index contributed by atoms with van der Waals surface area (Å²) in [5, 5.41) is 5.55. The van der Waals surface area contributed by atoms with Gasteiger partial charge >= 0.3 is 0 Å². The Balaban J connectivity index is 1.77. The average Bonchev–Trinajstić information content (AvgIpc) is 3.10. The molecule has 1 unspecified atom stereocenters. The van der Waals surface area contributed by atoms with E-state index in [-0.39, 0.29) is 12.8 Å². The fourth-order valence-corrected chi connectivity index (χ4v) is 3.39. The van der Waals surface area contributed by atoms with Gasteiger partial charge in [-0.1, -0.05) is 6.07 Å². The number of halogens is 1. The highest BCUT2D eigenvalue weighted by Gasteiger charge is 2.20. The van der Waals surface area contributed by atoms with Gasteiger partial charge in [-0.05, 0) is 45.1 Å². The van der Waals surface area contributed by atoms with Gasteiger partial charge in [0.15, 0.2) is 11.5 Å². The molecule has 1 atom stereocenters. The average molecular weight is 355 g/mol. The Labute approximate surface area is 130 Å². The SMILES string of the molecule is NCC(NCc1cccs1)c1cc(Br)c2c(c1)OCO2. The molecule has 0 spiro atoms. The minimum absolute atomic E-state index is 0.0860. The third kappa shape index (κ3) is 2.83. The van der Waals surface area contributed by atoms with Gasteiger partial charge in [0.1, 0.15) is 0 Å². The molecule has 1 aliphatic heterocycles. The van der Waals surface area contributed by atoms with Crippen LogP contribution in [0.4, 0.5) is 0 Å². The smallest absolute Gasteiger partial charge is 0.231 e. The van der Waals surface area contributed by atoms with Gasteiger partial charge in [0.05, 0.1) is 4.47 Å². The molecule has 0 radical (unpaired) electrons. The summed E-state index contributed by atoms with van der Waals surface area (Å²) in [7, 11) is 0. The molecule has 4 nitrogen and oxygen atoms in total. The van der Waals surface area contributed by atoms with Crippen LogP contribution in [0.3, 0.4) is 0 Å². The zero-order valence-corrected chi connectivity index (χ0v) is 13.2. The van der Waals surface area contributed by atoms with Crippen molar-refractivity contribution in [1.82, 2.24) is 5.32 Å². The van der Waals surface area contributed by atoms with Crippen LogP contribution < -0.4 is 20.5 Å². The van der Waals surface area contributed by atoms with E-state index in [4.69, 9.17) is 15.2 Å². The molecule has 0 amide bonds. The second-order valence-electron chi connectivity index (χ2n) is 4.49. The number of ether oxygens (including phenoxy) is 2. The van der Waals surface area contributed by atoms with Crippen LogP contribution in [0.15, 0.2) is 34.1 Å². The normalized spacial score (nSPS) is 14.5. The second-order valence-corrected chi connectivity index (χ2v) is 6.37. The Morgan fingerprint density at radius 3 is 3.05 bits per heavy atom. The number of rotatable bonds is 5. The first-order chi connectivity index (χ1) is 9.78. The number of hydrogen-bond donors (Lipinski definition) is 2. The van der Waals surface area contributed by atoms with Gasteiger partial charge < -0.3 is 20.5 Å². The highest BCUT2D eigenvalue weighted by atomic mass is 79.9. The van der Waals surface area contributed by atoms with Gasteiger partial charge in [0.25, 0.3) is 0 Å². The van der Waals surface area contributed by atoms with E-state index in [0.29, 0.717) is 6.54 Å². The van der Waals surface area contributed by atoms with Crippen LogP contribution >= 0.6 is 27.3 Å². The van der Waals surface area contributed by atoms with E-state index < -0.39 is 0 Å². The van der Waals surface area contributed by atoms with Crippen LogP contribution in [0.1, 0.15) is 16.5 Å². The van der Waals surface area contributed by atoms with E-state index in [1.807, 2.05) is 12.1 Å². The fraction of sp³-hybridized carbons (Fsp3) is 0.286. The summed E-state index contributed by atoms with van der Waals surface area (Å²) < 4.78 is 11.7. The number of nitrogens with two attached hydrogens (primary N) is 1. The zero-order valence-electron chi connectivity index (χ0n) is 10.8. The molecule has 0 aliphatic carbocycles. The van der Waals surface area contributed by atoms with E-state index in [2.05, 4.69) is 38.8 Å². The number of nitrogens with one attached hydrogen (secondary N) is 1. The lowest BCUT2D eigenvalue weighted by molar-refractivity contribution is 0.173. The van der Waals surface area contributed by atoms with Gasteiger partial charge in [-0.25, -0.2) is 0 Å². The van der Waals surface area contributed by atoms with Crippen molar-refractivity contribution in [2.45, 2.75) is 12.6 Å². The van der Waals surface area contributed by atoms with Crippen molar-refractivity contribution in [3.8, 4) is 11.5 Å². The third-order valence-corrected chi connectivity index (χ3v) is 4.66. The van der Waals surface area contributed by atoms with Crippen molar-refractivity contribution in [3.63, 3.8) is 0 Å². The molecule has 20 heavy (non-hydrogen) atoms. The largest absolute Gasteiger partial charge is 0.454 e. The predicted molar refractivity (Wildman–Crippen MR) is 83.2 cm³/mol. The maximum atomic E-state index is 5.89. The molecule has 1 aliphatic rings. The molecule has 3 rings (SSSR count). The quantitative estimate of drug-likeness (QED) is 0.866. The lowest BCUT2D eigenvalue weighted by Crippen LogP contribution is -2.27. The standard InChI is InChI=1S/C14H15BrN2O2S/c15-11-4-9(5-13-14(11)19-8-18-13)12(6-16)17-7-10-2-1-3-20-10/h1-5,12,17H,6-8,16H2. The van der Waals surface area contributed by atoms with Gasteiger partial charge in [0, 0.05) is 24.0 Å². The van der Waals surface area contributed by atoms with Crippen LogP contribution in [0.2, 0.25) is 0 Å². The van der Waals surface area contributed by atoms with Crippen molar-refractivity contribution in [3.05, 3.63) is 44.6 Å². The first-order valence-electron chi connectivity index (χ1n) is 6.33. The van der Waals surface area contributed by atoms with Gasteiger partial charge in [-0.15, -0.1) is 11.3 Å². The molecule has 2 heterocycles. The van der Waals surface area contributed by atoms with Crippen LogP contribution in [-0.2, 0) is 6.54 Å². The second kappa shape index (κ2) is 6.13. The van der Waals surface area contributed by atoms with E-state index in [9.17, 15) is 0 Å². The van der Waals surface area contributed by atoms with Crippen molar-refractivity contribution in [2.24, 2.45) is 5.73 Å². The van der Waals surface area contributed by atoms with Crippen molar-refractivity contribution < 1.29 is 9.47 Å². The Kier molecular flexibility index (Phi) is 4.26. The maximum Gasteiger partial charge on any atom is 0.231 e. The molecule has 106 valence electrons. The first kappa shape index (κ1) is 13.9. The summed E-state index contributed by atoms with van der Waals surface area (Å²) in [6.07, 6.45) is 0. The summed E-state index contributed by atoms with van der Waals surface area (Å²) >= 11 is 5.25. The van der Waals surface area contributed by atoms with E-state index >= 15 is 0 Å². The van der Waals surface area contributed by atoms with Gasteiger partial charge in [-0.3, -0.25) is 0 Å². The summed E-state index contributed by atoms with van der Waals surface area (Å²) in [5.41, 5.74) is 6.99. The highest BCUT2D eigenvalue weighted by Crippen LogP contribution is 2.41. The predicted octanol–water partition coefficient (Wildman–Crippen LogP) is 3.03. The Hall–Kier alpha value is -1.08.